The van der Waals surface area contributed by atoms with Gasteiger partial charge in [0.15, 0.2) is 5.82 Å². The van der Waals surface area contributed by atoms with Crippen molar-refractivity contribution in [1.29, 1.82) is 0 Å². The minimum atomic E-state index is -0.509. The number of piperidine rings is 1. The molecule has 0 unspecified atom stereocenters. The van der Waals surface area contributed by atoms with E-state index in [2.05, 4.69) is 32.2 Å². The van der Waals surface area contributed by atoms with E-state index in [-0.39, 0.29) is 11.7 Å². The Labute approximate surface area is 128 Å². The van der Waals surface area contributed by atoms with Crippen LogP contribution in [0.25, 0.3) is 0 Å². The quantitative estimate of drug-likeness (QED) is 0.875. The molecule has 8 heteroatoms. The van der Waals surface area contributed by atoms with E-state index in [0.29, 0.717) is 17.6 Å². The monoisotopic (exact) mass is 304 g/mol. The maximum absolute atomic E-state index is 11.2. The predicted octanol–water partition coefficient (Wildman–Crippen LogP) is 1.14. The highest BCUT2D eigenvalue weighted by Crippen LogP contribution is 2.30. The Morgan fingerprint density at radius 2 is 2.41 bits per heavy atom. The van der Waals surface area contributed by atoms with Crippen molar-refractivity contribution in [2.45, 2.75) is 38.6 Å². The molecule has 2 atom stereocenters. The van der Waals surface area contributed by atoms with E-state index in [9.17, 15) is 4.79 Å². The number of aromatic amines is 1. The number of hydrogen-bond donors (Lipinski definition) is 2. The highest BCUT2D eigenvalue weighted by Gasteiger charge is 2.29. The van der Waals surface area contributed by atoms with Crippen molar-refractivity contribution in [2.24, 2.45) is 5.73 Å². The molecule has 1 saturated heterocycles. The molecule has 1 amide bonds. The molecule has 118 valence electrons. The Kier molecular flexibility index (Phi) is 3.93. The second-order valence-corrected chi connectivity index (χ2v) is 5.76. The lowest BCUT2D eigenvalue weighted by Crippen LogP contribution is -2.36. The number of likely N-dealkylation sites (tertiary alicyclic amines) is 1. The number of H-pyrrole nitrogens is 1. The van der Waals surface area contributed by atoms with Crippen LogP contribution in [0.15, 0.2) is 10.6 Å². The van der Waals surface area contributed by atoms with Crippen LogP contribution >= 0.6 is 0 Å². The van der Waals surface area contributed by atoms with E-state index >= 15 is 0 Å². The van der Waals surface area contributed by atoms with Gasteiger partial charge in [-0.1, -0.05) is 5.16 Å². The summed E-state index contributed by atoms with van der Waals surface area (Å²) in [6.07, 6.45) is 2.11. The molecule has 3 N–H and O–H groups in total. The summed E-state index contributed by atoms with van der Waals surface area (Å²) < 4.78 is 5.27. The lowest BCUT2D eigenvalue weighted by atomic mass is 9.93. The Bertz CT molecular complexity index is 664. The molecule has 3 heterocycles. The molecular weight excluding hydrogens is 284 g/mol. The first-order chi connectivity index (χ1) is 10.5. The Hall–Kier alpha value is -2.22. The van der Waals surface area contributed by atoms with E-state index < -0.39 is 5.91 Å². The number of aromatic nitrogens is 4. The molecule has 1 aliphatic rings. The van der Waals surface area contributed by atoms with Crippen molar-refractivity contribution < 1.29 is 9.32 Å². The van der Waals surface area contributed by atoms with Crippen LogP contribution in [-0.2, 0) is 0 Å². The largest absolute Gasteiger partial charge is 0.364 e. The molecule has 1 aliphatic heterocycles. The summed E-state index contributed by atoms with van der Waals surface area (Å²) >= 11 is 0. The van der Waals surface area contributed by atoms with Crippen molar-refractivity contribution in [3.05, 3.63) is 29.2 Å². The molecule has 0 saturated carbocycles. The number of nitrogens with zero attached hydrogens (tertiary/aromatic N) is 4. The smallest absolute Gasteiger partial charge is 0.269 e. The minimum Gasteiger partial charge on any atom is -0.364 e. The van der Waals surface area contributed by atoms with E-state index in [0.717, 1.165) is 31.6 Å². The van der Waals surface area contributed by atoms with Gasteiger partial charge >= 0.3 is 0 Å². The van der Waals surface area contributed by atoms with Crippen molar-refractivity contribution in [3.63, 3.8) is 0 Å². The van der Waals surface area contributed by atoms with Crippen LogP contribution in [0.4, 0.5) is 0 Å². The fraction of sp³-hybridized carbons (Fsp3) is 0.571. The maximum Gasteiger partial charge on any atom is 0.269 e. The van der Waals surface area contributed by atoms with Crippen LogP contribution < -0.4 is 5.73 Å². The maximum atomic E-state index is 11.2. The highest BCUT2D eigenvalue weighted by atomic mass is 16.5. The van der Waals surface area contributed by atoms with Crippen LogP contribution in [-0.4, -0.2) is 44.2 Å². The topological polar surface area (TPSA) is 114 Å². The molecule has 0 aliphatic carbocycles. The number of aryl methyl sites for hydroxylation is 1. The van der Waals surface area contributed by atoms with Gasteiger partial charge in [-0.2, -0.15) is 10.1 Å². The molecule has 0 radical (unpaired) electrons. The number of primary amides is 1. The van der Waals surface area contributed by atoms with Crippen LogP contribution in [0, 0.1) is 6.92 Å². The van der Waals surface area contributed by atoms with Crippen molar-refractivity contribution in [2.75, 3.05) is 13.1 Å². The van der Waals surface area contributed by atoms with Gasteiger partial charge < -0.3 is 10.3 Å². The number of rotatable bonds is 4. The van der Waals surface area contributed by atoms with E-state index in [1.54, 1.807) is 6.07 Å². The van der Waals surface area contributed by atoms with Gasteiger partial charge in [0.1, 0.15) is 5.69 Å². The van der Waals surface area contributed by atoms with Gasteiger partial charge in [0, 0.05) is 18.2 Å². The zero-order valence-electron chi connectivity index (χ0n) is 12.7. The van der Waals surface area contributed by atoms with Crippen LogP contribution in [0.5, 0.6) is 0 Å². The van der Waals surface area contributed by atoms with Gasteiger partial charge in [0.25, 0.3) is 5.91 Å². The van der Waals surface area contributed by atoms with E-state index in [4.69, 9.17) is 10.3 Å². The molecule has 0 aromatic carbocycles. The third-order valence-electron chi connectivity index (χ3n) is 4.19. The zero-order chi connectivity index (χ0) is 15.7. The van der Waals surface area contributed by atoms with E-state index in [1.165, 1.54) is 0 Å². The molecular formula is C14H20N6O2. The van der Waals surface area contributed by atoms with Crippen molar-refractivity contribution >= 4 is 5.91 Å². The molecule has 0 bridgehead atoms. The summed E-state index contributed by atoms with van der Waals surface area (Å²) in [5, 5.41) is 10.7. The van der Waals surface area contributed by atoms with Crippen LogP contribution in [0.3, 0.4) is 0 Å². The van der Waals surface area contributed by atoms with Gasteiger partial charge in [0.05, 0.1) is 6.04 Å². The van der Waals surface area contributed by atoms with Crippen molar-refractivity contribution in [3.8, 4) is 0 Å². The number of carbonyl (C=O) groups excluding carboxylic acids is 1. The predicted molar refractivity (Wildman–Crippen MR) is 78.1 cm³/mol. The molecule has 0 spiro atoms. The molecule has 8 nitrogen and oxygen atoms in total. The first-order valence-electron chi connectivity index (χ1n) is 7.44. The molecule has 22 heavy (non-hydrogen) atoms. The molecule has 2 aromatic heterocycles. The summed E-state index contributed by atoms with van der Waals surface area (Å²) in [6, 6.07) is 1.82. The Morgan fingerprint density at radius 3 is 3.05 bits per heavy atom. The van der Waals surface area contributed by atoms with Gasteiger partial charge in [-0.25, -0.2) is 0 Å². The number of nitrogens with two attached hydrogens (primary N) is 1. The second-order valence-electron chi connectivity index (χ2n) is 5.76. The summed E-state index contributed by atoms with van der Waals surface area (Å²) in [4.78, 5) is 17.8. The lowest BCUT2D eigenvalue weighted by Gasteiger charge is -2.34. The van der Waals surface area contributed by atoms with Gasteiger partial charge in [-0.3, -0.25) is 14.8 Å². The fourth-order valence-electron chi connectivity index (χ4n) is 2.92. The van der Waals surface area contributed by atoms with Crippen LogP contribution in [0.1, 0.15) is 59.6 Å². The number of amides is 1. The first kappa shape index (κ1) is 14.7. The summed E-state index contributed by atoms with van der Waals surface area (Å²) in [5.74, 6) is 1.07. The Balaban J connectivity index is 1.72. The summed E-state index contributed by atoms with van der Waals surface area (Å²) in [6.45, 7) is 5.71. The standard InChI is InChI=1S/C14H20N6O2/c1-8(14-16-9(2)19-22-14)20-5-3-4-10(7-20)11-6-12(13(15)21)18-17-11/h6,8,10H,3-5,7H2,1-2H3,(H2,15,21)(H,17,18)/t8-,10-/m0/s1. The summed E-state index contributed by atoms with van der Waals surface area (Å²) in [5.41, 5.74) is 6.49. The minimum absolute atomic E-state index is 0.0718. The number of carbonyl (C=O) groups is 1. The molecule has 3 rings (SSSR count). The number of nitrogens with one attached hydrogen (secondary N) is 1. The normalized spacial score (nSPS) is 20.9. The lowest BCUT2D eigenvalue weighted by molar-refractivity contribution is 0.0995. The third-order valence-corrected chi connectivity index (χ3v) is 4.19. The van der Waals surface area contributed by atoms with Crippen LogP contribution in [0.2, 0.25) is 0 Å². The van der Waals surface area contributed by atoms with E-state index in [1.807, 2.05) is 6.92 Å². The van der Waals surface area contributed by atoms with Gasteiger partial charge in [-0.05, 0) is 39.3 Å². The molecule has 2 aromatic rings. The summed E-state index contributed by atoms with van der Waals surface area (Å²) in [7, 11) is 0. The second kappa shape index (κ2) is 5.88. The average Bonchev–Trinajstić information content (AvgIpc) is 3.15. The zero-order valence-corrected chi connectivity index (χ0v) is 12.7. The molecule has 1 fully saturated rings. The SMILES string of the molecule is Cc1noc([C@H](C)N2CCC[C@H](c3cc(C(N)=O)n[nH]3)C2)n1. The van der Waals surface area contributed by atoms with Gasteiger partial charge in [-0.15, -0.1) is 0 Å². The Morgan fingerprint density at radius 1 is 1.59 bits per heavy atom. The first-order valence-corrected chi connectivity index (χ1v) is 7.44. The average molecular weight is 304 g/mol. The van der Waals surface area contributed by atoms with Crippen molar-refractivity contribution in [1.82, 2.24) is 25.2 Å². The number of hydrogen-bond acceptors (Lipinski definition) is 6. The third kappa shape index (κ3) is 2.87. The van der Waals surface area contributed by atoms with Gasteiger partial charge in [0.2, 0.25) is 5.89 Å². The fourth-order valence-corrected chi connectivity index (χ4v) is 2.92. The highest BCUT2D eigenvalue weighted by molar-refractivity contribution is 5.90.